The van der Waals surface area contributed by atoms with Crippen molar-refractivity contribution < 1.29 is 4.79 Å². The number of anilines is 1. The SMILES string of the molecule is Cc1cccc(NC(=O)CCCCBr)n1. The molecular weight excluding hydrogens is 256 g/mol. The number of hydrogen-bond donors (Lipinski definition) is 1. The normalized spacial score (nSPS) is 10.0. The van der Waals surface area contributed by atoms with Gasteiger partial charge in [-0.05, 0) is 31.9 Å². The molecule has 0 radical (unpaired) electrons. The van der Waals surface area contributed by atoms with Crippen molar-refractivity contribution in [2.75, 3.05) is 10.6 Å². The van der Waals surface area contributed by atoms with Crippen LogP contribution in [0.15, 0.2) is 18.2 Å². The maximum Gasteiger partial charge on any atom is 0.225 e. The van der Waals surface area contributed by atoms with E-state index in [1.807, 2.05) is 19.1 Å². The first-order chi connectivity index (χ1) is 7.22. The quantitative estimate of drug-likeness (QED) is 0.661. The van der Waals surface area contributed by atoms with Crippen molar-refractivity contribution in [1.82, 2.24) is 4.98 Å². The Morgan fingerprint density at radius 2 is 2.27 bits per heavy atom. The maximum atomic E-state index is 11.4. The zero-order chi connectivity index (χ0) is 11.1. The molecule has 15 heavy (non-hydrogen) atoms. The molecule has 1 aromatic heterocycles. The fourth-order valence-corrected chi connectivity index (χ4v) is 1.59. The van der Waals surface area contributed by atoms with E-state index < -0.39 is 0 Å². The number of hydrogen-bond acceptors (Lipinski definition) is 2. The van der Waals surface area contributed by atoms with Crippen LogP contribution in [0.4, 0.5) is 5.82 Å². The lowest BCUT2D eigenvalue weighted by Gasteiger charge is -2.04. The van der Waals surface area contributed by atoms with E-state index in [9.17, 15) is 4.79 Å². The van der Waals surface area contributed by atoms with E-state index in [1.165, 1.54) is 0 Å². The molecule has 0 aromatic carbocycles. The van der Waals surface area contributed by atoms with Gasteiger partial charge in [-0.2, -0.15) is 0 Å². The minimum atomic E-state index is 0.0362. The monoisotopic (exact) mass is 270 g/mol. The van der Waals surface area contributed by atoms with E-state index in [0.717, 1.165) is 23.9 Å². The van der Waals surface area contributed by atoms with Gasteiger partial charge in [-0.25, -0.2) is 4.98 Å². The molecule has 4 heteroatoms. The second-order valence-corrected chi connectivity index (χ2v) is 4.15. The number of aromatic nitrogens is 1. The Morgan fingerprint density at radius 3 is 2.93 bits per heavy atom. The Balaban J connectivity index is 2.37. The summed E-state index contributed by atoms with van der Waals surface area (Å²) in [5.74, 6) is 0.674. The van der Waals surface area contributed by atoms with E-state index in [2.05, 4.69) is 26.2 Å². The molecule has 0 bridgehead atoms. The smallest absolute Gasteiger partial charge is 0.225 e. The minimum absolute atomic E-state index is 0.0362. The van der Waals surface area contributed by atoms with Crippen molar-refractivity contribution >= 4 is 27.7 Å². The van der Waals surface area contributed by atoms with Gasteiger partial charge in [0, 0.05) is 17.4 Å². The molecule has 0 saturated carbocycles. The molecule has 0 aliphatic carbocycles. The van der Waals surface area contributed by atoms with Crippen LogP contribution in [0.2, 0.25) is 0 Å². The highest BCUT2D eigenvalue weighted by Gasteiger charge is 2.02. The second kappa shape index (κ2) is 6.56. The van der Waals surface area contributed by atoms with Crippen molar-refractivity contribution in [3.63, 3.8) is 0 Å². The van der Waals surface area contributed by atoms with E-state index in [1.54, 1.807) is 6.07 Å². The van der Waals surface area contributed by atoms with Crippen molar-refractivity contribution in [2.24, 2.45) is 0 Å². The second-order valence-electron chi connectivity index (χ2n) is 3.36. The van der Waals surface area contributed by atoms with Gasteiger partial charge >= 0.3 is 0 Å². The first kappa shape index (κ1) is 12.2. The van der Waals surface area contributed by atoms with Crippen LogP contribution in [0, 0.1) is 6.92 Å². The lowest BCUT2D eigenvalue weighted by atomic mass is 10.2. The van der Waals surface area contributed by atoms with Crippen molar-refractivity contribution in [2.45, 2.75) is 26.2 Å². The predicted octanol–water partition coefficient (Wildman–Crippen LogP) is 2.89. The topological polar surface area (TPSA) is 42.0 Å². The number of unbranched alkanes of at least 4 members (excludes halogenated alkanes) is 1. The number of nitrogens with zero attached hydrogens (tertiary/aromatic N) is 1. The summed E-state index contributed by atoms with van der Waals surface area (Å²) in [5, 5.41) is 3.72. The van der Waals surface area contributed by atoms with Crippen LogP contribution < -0.4 is 5.32 Å². The molecule has 3 nitrogen and oxygen atoms in total. The number of rotatable bonds is 5. The van der Waals surface area contributed by atoms with Crippen LogP contribution in [-0.2, 0) is 4.79 Å². The fourth-order valence-electron chi connectivity index (χ4n) is 1.20. The molecule has 1 amide bonds. The maximum absolute atomic E-state index is 11.4. The number of alkyl halides is 1. The fraction of sp³-hybridized carbons (Fsp3) is 0.455. The third-order valence-corrected chi connectivity index (χ3v) is 2.50. The Morgan fingerprint density at radius 1 is 1.47 bits per heavy atom. The predicted molar refractivity (Wildman–Crippen MR) is 65.2 cm³/mol. The molecule has 0 saturated heterocycles. The van der Waals surface area contributed by atoms with E-state index >= 15 is 0 Å². The van der Waals surface area contributed by atoms with Gasteiger partial charge in [-0.1, -0.05) is 22.0 Å². The largest absolute Gasteiger partial charge is 0.311 e. The molecule has 1 N–H and O–H groups in total. The average molecular weight is 271 g/mol. The molecule has 0 aliphatic rings. The van der Waals surface area contributed by atoms with E-state index in [0.29, 0.717) is 12.2 Å². The van der Waals surface area contributed by atoms with Gasteiger partial charge in [0.15, 0.2) is 0 Å². The van der Waals surface area contributed by atoms with Gasteiger partial charge in [-0.15, -0.1) is 0 Å². The molecule has 0 fully saturated rings. The summed E-state index contributed by atoms with van der Waals surface area (Å²) >= 11 is 3.33. The summed E-state index contributed by atoms with van der Waals surface area (Å²) in [6, 6.07) is 5.59. The average Bonchev–Trinajstić information content (AvgIpc) is 2.18. The first-order valence-electron chi connectivity index (χ1n) is 5.02. The first-order valence-corrected chi connectivity index (χ1v) is 6.14. The Hall–Kier alpha value is -0.900. The van der Waals surface area contributed by atoms with E-state index in [-0.39, 0.29) is 5.91 Å². The van der Waals surface area contributed by atoms with Crippen LogP contribution in [0.25, 0.3) is 0 Å². The Bertz CT molecular complexity index is 328. The summed E-state index contributed by atoms with van der Waals surface area (Å²) in [5.41, 5.74) is 0.910. The van der Waals surface area contributed by atoms with Crippen LogP contribution in [-0.4, -0.2) is 16.2 Å². The number of carbonyl (C=O) groups is 1. The minimum Gasteiger partial charge on any atom is -0.311 e. The highest BCUT2D eigenvalue weighted by atomic mass is 79.9. The lowest BCUT2D eigenvalue weighted by molar-refractivity contribution is -0.116. The molecule has 0 aliphatic heterocycles. The van der Waals surface area contributed by atoms with Crippen LogP contribution in [0.3, 0.4) is 0 Å². The summed E-state index contributed by atoms with van der Waals surface area (Å²) in [6.45, 7) is 1.90. The van der Waals surface area contributed by atoms with Gasteiger partial charge < -0.3 is 5.32 Å². The van der Waals surface area contributed by atoms with Gasteiger partial charge in [-0.3, -0.25) is 4.79 Å². The number of aryl methyl sites for hydroxylation is 1. The highest BCUT2D eigenvalue weighted by molar-refractivity contribution is 9.09. The van der Waals surface area contributed by atoms with Gasteiger partial charge in [0.05, 0.1) is 0 Å². The molecule has 0 unspecified atom stereocenters. The number of carbonyl (C=O) groups excluding carboxylic acids is 1. The molecule has 1 heterocycles. The highest BCUT2D eigenvalue weighted by Crippen LogP contribution is 2.06. The Kier molecular flexibility index (Phi) is 5.32. The molecule has 0 spiro atoms. The van der Waals surface area contributed by atoms with Crippen LogP contribution >= 0.6 is 15.9 Å². The third-order valence-electron chi connectivity index (χ3n) is 1.94. The summed E-state index contributed by atoms with van der Waals surface area (Å²) in [4.78, 5) is 15.6. The van der Waals surface area contributed by atoms with Crippen LogP contribution in [0.5, 0.6) is 0 Å². The number of amides is 1. The standard InChI is InChI=1S/C11H15BrN2O/c1-9-5-4-6-10(13-9)14-11(15)7-2-3-8-12/h4-6H,2-3,7-8H2,1H3,(H,13,14,15). The lowest BCUT2D eigenvalue weighted by Crippen LogP contribution is -2.12. The third kappa shape index (κ3) is 4.93. The Labute approximate surface area is 98.4 Å². The van der Waals surface area contributed by atoms with Crippen molar-refractivity contribution in [1.29, 1.82) is 0 Å². The number of pyridine rings is 1. The van der Waals surface area contributed by atoms with Crippen molar-refractivity contribution in [3.8, 4) is 0 Å². The summed E-state index contributed by atoms with van der Waals surface area (Å²) in [6.07, 6.45) is 2.48. The summed E-state index contributed by atoms with van der Waals surface area (Å²) in [7, 11) is 0. The molecule has 1 aromatic rings. The van der Waals surface area contributed by atoms with Gasteiger partial charge in [0.1, 0.15) is 5.82 Å². The molecule has 0 atom stereocenters. The number of halogens is 1. The van der Waals surface area contributed by atoms with E-state index in [4.69, 9.17) is 0 Å². The molecular formula is C11H15BrN2O. The van der Waals surface area contributed by atoms with Gasteiger partial charge in [0.2, 0.25) is 5.91 Å². The molecule has 82 valence electrons. The van der Waals surface area contributed by atoms with Crippen LogP contribution in [0.1, 0.15) is 25.0 Å². The van der Waals surface area contributed by atoms with Crippen molar-refractivity contribution in [3.05, 3.63) is 23.9 Å². The zero-order valence-corrected chi connectivity index (χ0v) is 10.4. The molecule has 1 rings (SSSR count). The zero-order valence-electron chi connectivity index (χ0n) is 8.79. The van der Waals surface area contributed by atoms with Gasteiger partial charge in [0.25, 0.3) is 0 Å². The number of nitrogens with one attached hydrogen (secondary N) is 1. The summed E-state index contributed by atoms with van der Waals surface area (Å²) < 4.78 is 0.